The standard InChI is InChI=1S/C14H22N2O2S/c1-11(12-6-4-2-3-5-7-12)15-10-13-8-9-14(19-13)16(17)18/h8-9,11-12,15H,2-7,10H2,1H3/t11-/m0/s1. The van der Waals surface area contributed by atoms with Crippen LogP contribution in [-0.4, -0.2) is 11.0 Å². The summed E-state index contributed by atoms with van der Waals surface area (Å²) in [4.78, 5) is 11.4. The molecule has 1 fully saturated rings. The Morgan fingerprint density at radius 2 is 2.05 bits per heavy atom. The van der Waals surface area contributed by atoms with E-state index in [0.29, 0.717) is 6.04 Å². The van der Waals surface area contributed by atoms with Crippen LogP contribution in [0.4, 0.5) is 5.00 Å². The summed E-state index contributed by atoms with van der Waals surface area (Å²) in [6.07, 6.45) is 8.08. The van der Waals surface area contributed by atoms with Gasteiger partial charge in [0, 0.05) is 23.5 Å². The van der Waals surface area contributed by atoms with Gasteiger partial charge in [0.2, 0.25) is 0 Å². The van der Waals surface area contributed by atoms with Crippen molar-refractivity contribution in [2.24, 2.45) is 5.92 Å². The Morgan fingerprint density at radius 3 is 2.63 bits per heavy atom. The SMILES string of the molecule is C[C@H](NCc1ccc([N+](=O)[O-])s1)C1CCCCCC1. The molecule has 0 spiro atoms. The maximum Gasteiger partial charge on any atom is 0.324 e. The molecule has 2 rings (SSSR count). The average Bonchev–Trinajstić information content (AvgIpc) is 2.70. The van der Waals surface area contributed by atoms with Gasteiger partial charge in [-0.2, -0.15) is 0 Å². The second kappa shape index (κ2) is 7.01. The molecule has 0 saturated heterocycles. The van der Waals surface area contributed by atoms with Crippen molar-refractivity contribution in [3.05, 3.63) is 27.1 Å². The lowest BCUT2D eigenvalue weighted by atomic mass is 9.93. The molecule has 1 saturated carbocycles. The van der Waals surface area contributed by atoms with Crippen molar-refractivity contribution < 1.29 is 4.92 Å². The highest BCUT2D eigenvalue weighted by Crippen LogP contribution is 2.27. The van der Waals surface area contributed by atoms with Crippen LogP contribution >= 0.6 is 11.3 Å². The molecule has 1 atom stereocenters. The highest BCUT2D eigenvalue weighted by atomic mass is 32.1. The Hall–Kier alpha value is -0.940. The van der Waals surface area contributed by atoms with Crippen molar-refractivity contribution in [1.82, 2.24) is 5.32 Å². The zero-order chi connectivity index (χ0) is 13.7. The van der Waals surface area contributed by atoms with Crippen LogP contribution in [0.25, 0.3) is 0 Å². The van der Waals surface area contributed by atoms with Crippen molar-refractivity contribution in [3.63, 3.8) is 0 Å². The second-order valence-corrected chi connectivity index (χ2v) is 6.57. The fourth-order valence-electron chi connectivity index (χ4n) is 2.80. The van der Waals surface area contributed by atoms with Gasteiger partial charge in [-0.3, -0.25) is 10.1 Å². The van der Waals surface area contributed by atoms with Gasteiger partial charge in [-0.15, -0.1) is 0 Å². The van der Waals surface area contributed by atoms with Crippen LogP contribution in [0.15, 0.2) is 12.1 Å². The van der Waals surface area contributed by atoms with Crippen LogP contribution in [0.3, 0.4) is 0 Å². The van der Waals surface area contributed by atoms with E-state index in [4.69, 9.17) is 0 Å². The third-order valence-corrected chi connectivity index (χ3v) is 5.07. The number of rotatable bonds is 5. The van der Waals surface area contributed by atoms with E-state index in [1.165, 1.54) is 49.9 Å². The second-order valence-electron chi connectivity index (χ2n) is 5.42. The molecular weight excluding hydrogens is 260 g/mol. The van der Waals surface area contributed by atoms with E-state index in [-0.39, 0.29) is 9.92 Å². The Bertz CT molecular complexity index is 411. The molecule has 1 N–H and O–H groups in total. The number of nitro groups is 1. The van der Waals surface area contributed by atoms with Crippen LogP contribution in [-0.2, 0) is 6.54 Å². The van der Waals surface area contributed by atoms with E-state index in [1.54, 1.807) is 6.07 Å². The minimum atomic E-state index is -0.317. The highest BCUT2D eigenvalue weighted by Gasteiger charge is 2.19. The number of thiophene rings is 1. The molecule has 0 amide bonds. The summed E-state index contributed by atoms with van der Waals surface area (Å²) in [6, 6.07) is 3.95. The van der Waals surface area contributed by atoms with Crippen LogP contribution in [0, 0.1) is 16.0 Å². The minimum absolute atomic E-state index is 0.235. The Labute approximate surface area is 118 Å². The predicted octanol–water partition coefficient (Wildman–Crippen LogP) is 4.10. The largest absolute Gasteiger partial charge is 0.324 e. The highest BCUT2D eigenvalue weighted by molar-refractivity contribution is 7.15. The molecule has 0 unspecified atom stereocenters. The third kappa shape index (κ3) is 4.28. The lowest BCUT2D eigenvalue weighted by Gasteiger charge is -2.23. The van der Waals surface area contributed by atoms with E-state index in [1.807, 2.05) is 6.07 Å². The molecule has 1 heterocycles. The topological polar surface area (TPSA) is 55.2 Å². The van der Waals surface area contributed by atoms with Gasteiger partial charge in [0.05, 0.1) is 4.92 Å². The third-order valence-electron chi connectivity index (χ3n) is 4.03. The first kappa shape index (κ1) is 14.5. The van der Waals surface area contributed by atoms with Gasteiger partial charge in [-0.25, -0.2) is 0 Å². The Morgan fingerprint density at radius 1 is 1.37 bits per heavy atom. The normalized spacial score (nSPS) is 19.0. The van der Waals surface area contributed by atoms with Crippen molar-refractivity contribution in [2.75, 3.05) is 0 Å². The van der Waals surface area contributed by atoms with E-state index in [2.05, 4.69) is 12.2 Å². The first-order chi connectivity index (χ1) is 9.16. The van der Waals surface area contributed by atoms with Gasteiger partial charge in [0.15, 0.2) is 0 Å². The molecule has 1 aromatic heterocycles. The quantitative estimate of drug-likeness (QED) is 0.502. The van der Waals surface area contributed by atoms with Crippen molar-refractivity contribution in [1.29, 1.82) is 0 Å². The fourth-order valence-corrected chi connectivity index (χ4v) is 3.57. The van der Waals surface area contributed by atoms with Crippen molar-refractivity contribution in [3.8, 4) is 0 Å². The van der Waals surface area contributed by atoms with Gasteiger partial charge in [-0.1, -0.05) is 37.0 Å². The molecule has 1 aromatic rings. The summed E-state index contributed by atoms with van der Waals surface area (Å²) in [7, 11) is 0. The maximum atomic E-state index is 10.6. The number of nitrogens with zero attached hydrogens (tertiary/aromatic N) is 1. The first-order valence-electron chi connectivity index (χ1n) is 7.13. The van der Waals surface area contributed by atoms with E-state index in [9.17, 15) is 10.1 Å². The molecule has 0 bridgehead atoms. The Balaban J connectivity index is 1.81. The molecule has 1 aliphatic carbocycles. The average molecular weight is 282 g/mol. The smallest absolute Gasteiger partial charge is 0.309 e. The summed E-state index contributed by atoms with van der Waals surface area (Å²) >= 11 is 1.27. The Kier molecular flexibility index (Phi) is 5.34. The monoisotopic (exact) mass is 282 g/mol. The van der Waals surface area contributed by atoms with Gasteiger partial charge in [0.1, 0.15) is 0 Å². The van der Waals surface area contributed by atoms with Gasteiger partial charge in [-0.05, 0) is 31.7 Å². The summed E-state index contributed by atoms with van der Waals surface area (Å²) in [5.41, 5.74) is 0. The minimum Gasteiger partial charge on any atom is -0.309 e. The van der Waals surface area contributed by atoms with Gasteiger partial charge >= 0.3 is 5.00 Å². The lowest BCUT2D eigenvalue weighted by molar-refractivity contribution is -0.380. The van der Waals surface area contributed by atoms with Crippen molar-refractivity contribution >= 4 is 16.3 Å². The molecule has 0 radical (unpaired) electrons. The molecule has 19 heavy (non-hydrogen) atoms. The first-order valence-corrected chi connectivity index (χ1v) is 7.95. The zero-order valence-electron chi connectivity index (χ0n) is 11.4. The molecule has 5 heteroatoms. The van der Waals surface area contributed by atoms with E-state index < -0.39 is 0 Å². The van der Waals surface area contributed by atoms with Gasteiger partial charge < -0.3 is 5.32 Å². The lowest BCUT2D eigenvalue weighted by Crippen LogP contribution is -2.32. The summed E-state index contributed by atoms with van der Waals surface area (Å²) in [6.45, 7) is 2.99. The molecule has 0 aliphatic heterocycles. The fraction of sp³-hybridized carbons (Fsp3) is 0.714. The van der Waals surface area contributed by atoms with Crippen molar-refractivity contribution in [2.45, 2.75) is 58.0 Å². The van der Waals surface area contributed by atoms with Crippen LogP contribution in [0.1, 0.15) is 50.3 Å². The summed E-state index contributed by atoms with van der Waals surface area (Å²) in [5, 5.41) is 14.4. The molecule has 0 aromatic carbocycles. The van der Waals surface area contributed by atoms with Gasteiger partial charge in [0.25, 0.3) is 0 Å². The summed E-state index contributed by atoms with van der Waals surface area (Å²) < 4.78 is 0. The van der Waals surface area contributed by atoms with Crippen LogP contribution < -0.4 is 5.32 Å². The summed E-state index contributed by atoms with van der Waals surface area (Å²) in [5.74, 6) is 0.762. The molecular formula is C14H22N2O2S. The number of hydrogen-bond acceptors (Lipinski definition) is 4. The molecule has 1 aliphatic rings. The molecule has 4 nitrogen and oxygen atoms in total. The predicted molar refractivity (Wildman–Crippen MR) is 78.5 cm³/mol. The van der Waals surface area contributed by atoms with E-state index in [0.717, 1.165) is 17.3 Å². The van der Waals surface area contributed by atoms with E-state index >= 15 is 0 Å². The van der Waals surface area contributed by atoms with Crippen LogP contribution in [0.2, 0.25) is 0 Å². The zero-order valence-corrected chi connectivity index (χ0v) is 12.2. The number of hydrogen-bond donors (Lipinski definition) is 1. The molecule has 106 valence electrons. The number of nitrogens with one attached hydrogen (secondary N) is 1. The maximum absolute atomic E-state index is 10.6. The van der Waals surface area contributed by atoms with Crippen LogP contribution in [0.5, 0.6) is 0 Å².